The van der Waals surface area contributed by atoms with Crippen LogP contribution in [0.15, 0.2) is 18.3 Å². The number of nitrogens with one attached hydrogen (secondary N) is 1. The van der Waals surface area contributed by atoms with Crippen molar-refractivity contribution in [3.63, 3.8) is 0 Å². The first kappa shape index (κ1) is 16.2. The summed E-state index contributed by atoms with van der Waals surface area (Å²) in [5.41, 5.74) is 6.15. The normalized spacial score (nSPS) is 10.0. The number of pyridine rings is 1. The zero-order valence-corrected chi connectivity index (χ0v) is 12.3. The van der Waals surface area contributed by atoms with E-state index in [-0.39, 0.29) is 11.8 Å². The SMILES string of the molecule is CCCC(CCC)C(=O)Nc1cc(C#CCN)ccn1. The van der Waals surface area contributed by atoms with Gasteiger partial charge in [-0.25, -0.2) is 4.98 Å². The summed E-state index contributed by atoms with van der Waals surface area (Å²) >= 11 is 0. The predicted octanol–water partition coefficient (Wildman–Crippen LogP) is 2.55. The minimum absolute atomic E-state index is 0.0464. The molecule has 0 bridgehead atoms. The molecule has 4 heteroatoms. The van der Waals surface area contributed by atoms with E-state index in [4.69, 9.17) is 5.73 Å². The van der Waals surface area contributed by atoms with Crippen LogP contribution in [0, 0.1) is 17.8 Å². The molecule has 0 saturated carbocycles. The van der Waals surface area contributed by atoms with E-state index in [0.29, 0.717) is 12.4 Å². The summed E-state index contributed by atoms with van der Waals surface area (Å²) in [7, 11) is 0. The first-order chi connectivity index (χ1) is 9.71. The van der Waals surface area contributed by atoms with Crippen LogP contribution in [-0.4, -0.2) is 17.4 Å². The second-order valence-electron chi connectivity index (χ2n) is 4.70. The average molecular weight is 273 g/mol. The quantitative estimate of drug-likeness (QED) is 0.783. The smallest absolute Gasteiger partial charge is 0.228 e. The molecule has 0 aliphatic carbocycles. The zero-order valence-electron chi connectivity index (χ0n) is 12.3. The fourth-order valence-electron chi connectivity index (χ4n) is 2.06. The Morgan fingerprint density at radius 2 is 2.10 bits per heavy atom. The van der Waals surface area contributed by atoms with Crippen molar-refractivity contribution in [2.24, 2.45) is 11.7 Å². The molecular formula is C16H23N3O. The molecule has 108 valence electrons. The van der Waals surface area contributed by atoms with Gasteiger partial charge in [-0.1, -0.05) is 38.5 Å². The summed E-state index contributed by atoms with van der Waals surface area (Å²) in [6.45, 7) is 4.51. The van der Waals surface area contributed by atoms with Crippen molar-refractivity contribution in [2.45, 2.75) is 39.5 Å². The lowest BCUT2D eigenvalue weighted by molar-refractivity contribution is -0.120. The topological polar surface area (TPSA) is 68.0 Å². The molecule has 0 saturated heterocycles. The van der Waals surface area contributed by atoms with Gasteiger partial charge in [-0.3, -0.25) is 4.79 Å². The molecule has 3 N–H and O–H groups in total. The van der Waals surface area contributed by atoms with Gasteiger partial charge in [-0.2, -0.15) is 0 Å². The highest BCUT2D eigenvalue weighted by Gasteiger charge is 2.16. The highest BCUT2D eigenvalue weighted by Crippen LogP contribution is 2.16. The number of rotatable bonds is 6. The Kier molecular flexibility index (Phi) is 7.38. The largest absolute Gasteiger partial charge is 0.320 e. The van der Waals surface area contributed by atoms with Crippen molar-refractivity contribution >= 4 is 11.7 Å². The Labute approximate surface area is 121 Å². The van der Waals surface area contributed by atoms with Gasteiger partial charge >= 0.3 is 0 Å². The molecule has 0 aromatic carbocycles. The fourth-order valence-corrected chi connectivity index (χ4v) is 2.06. The lowest BCUT2D eigenvalue weighted by Gasteiger charge is -2.14. The molecule has 0 radical (unpaired) electrons. The van der Waals surface area contributed by atoms with Crippen LogP contribution in [0.1, 0.15) is 45.1 Å². The second-order valence-corrected chi connectivity index (χ2v) is 4.70. The Balaban J connectivity index is 2.73. The van der Waals surface area contributed by atoms with Crippen LogP contribution >= 0.6 is 0 Å². The highest BCUT2D eigenvalue weighted by molar-refractivity contribution is 5.91. The van der Waals surface area contributed by atoms with E-state index >= 15 is 0 Å². The van der Waals surface area contributed by atoms with Gasteiger partial charge in [0.1, 0.15) is 5.82 Å². The molecular weight excluding hydrogens is 250 g/mol. The second kappa shape index (κ2) is 9.11. The first-order valence-electron chi connectivity index (χ1n) is 7.17. The van der Waals surface area contributed by atoms with Crippen molar-refractivity contribution in [2.75, 3.05) is 11.9 Å². The summed E-state index contributed by atoms with van der Waals surface area (Å²) in [5, 5.41) is 2.88. The van der Waals surface area contributed by atoms with Crippen molar-refractivity contribution in [1.82, 2.24) is 4.98 Å². The number of amides is 1. The molecule has 4 nitrogen and oxygen atoms in total. The number of anilines is 1. The Morgan fingerprint density at radius 1 is 1.40 bits per heavy atom. The van der Waals surface area contributed by atoms with Crippen molar-refractivity contribution in [1.29, 1.82) is 0 Å². The minimum Gasteiger partial charge on any atom is -0.320 e. The Morgan fingerprint density at radius 3 is 2.70 bits per heavy atom. The molecule has 0 aliphatic rings. The lowest BCUT2D eigenvalue weighted by atomic mass is 9.97. The van der Waals surface area contributed by atoms with Gasteiger partial charge < -0.3 is 11.1 Å². The van der Waals surface area contributed by atoms with E-state index in [1.165, 1.54) is 0 Å². The molecule has 1 amide bonds. The maximum Gasteiger partial charge on any atom is 0.228 e. The monoisotopic (exact) mass is 273 g/mol. The molecule has 0 fully saturated rings. The van der Waals surface area contributed by atoms with Crippen LogP contribution in [0.25, 0.3) is 0 Å². The molecule has 1 rings (SSSR count). The number of hydrogen-bond donors (Lipinski definition) is 2. The number of hydrogen-bond acceptors (Lipinski definition) is 3. The summed E-state index contributed by atoms with van der Waals surface area (Å²) in [6.07, 6.45) is 5.48. The van der Waals surface area contributed by atoms with Gasteiger partial charge in [0.25, 0.3) is 0 Å². The van der Waals surface area contributed by atoms with Crippen LogP contribution in [0.2, 0.25) is 0 Å². The van der Waals surface area contributed by atoms with Crippen LogP contribution in [0.3, 0.4) is 0 Å². The van der Waals surface area contributed by atoms with Gasteiger partial charge in [-0.05, 0) is 25.0 Å². The average Bonchev–Trinajstić information content (AvgIpc) is 2.45. The van der Waals surface area contributed by atoms with Crippen LogP contribution in [-0.2, 0) is 4.79 Å². The fraction of sp³-hybridized carbons (Fsp3) is 0.500. The van der Waals surface area contributed by atoms with E-state index in [0.717, 1.165) is 31.2 Å². The zero-order chi connectivity index (χ0) is 14.8. The molecule has 1 aromatic rings. The Bertz CT molecular complexity index is 482. The van der Waals surface area contributed by atoms with Crippen LogP contribution in [0.5, 0.6) is 0 Å². The van der Waals surface area contributed by atoms with Gasteiger partial charge in [0.05, 0.1) is 6.54 Å². The van der Waals surface area contributed by atoms with Gasteiger partial charge in [0, 0.05) is 17.7 Å². The van der Waals surface area contributed by atoms with Gasteiger partial charge in [0.15, 0.2) is 0 Å². The summed E-state index contributed by atoms with van der Waals surface area (Å²) in [5.74, 6) is 6.38. The van der Waals surface area contributed by atoms with Crippen LogP contribution in [0.4, 0.5) is 5.82 Å². The summed E-state index contributed by atoms with van der Waals surface area (Å²) in [4.78, 5) is 16.4. The number of carbonyl (C=O) groups is 1. The number of nitrogens with two attached hydrogens (primary N) is 1. The molecule has 20 heavy (non-hydrogen) atoms. The molecule has 0 atom stereocenters. The van der Waals surface area contributed by atoms with Crippen LogP contribution < -0.4 is 11.1 Å². The minimum atomic E-state index is 0.0464. The van der Waals surface area contributed by atoms with E-state index in [9.17, 15) is 4.79 Å². The first-order valence-corrected chi connectivity index (χ1v) is 7.17. The lowest BCUT2D eigenvalue weighted by Crippen LogP contribution is -2.23. The number of nitrogens with zero attached hydrogens (tertiary/aromatic N) is 1. The molecule has 0 aliphatic heterocycles. The van der Waals surface area contributed by atoms with E-state index in [1.807, 2.05) is 0 Å². The third kappa shape index (κ3) is 5.41. The van der Waals surface area contributed by atoms with Crippen molar-refractivity contribution in [3.8, 4) is 11.8 Å². The van der Waals surface area contributed by atoms with Crippen molar-refractivity contribution < 1.29 is 4.79 Å². The van der Waals surface area contributed by atoms with E-state index in [2.05, 4.69) is 36.0 Å². The van der Waals surface area contributed by atoms with Crippen molar-refractivity contribution in [3.05, 3.63) is 23.9 Å². The molecule has 0 spiro atoms. The number of carbonyl (C=O) groups excluding carboxylic acids is 1. The third-order valence-electron chi connectivity index (χ3n) is 2.99. The molecule has 1 aromatic heterocycles. The highest BCUT2D eigenvalue weighted by atomic mass is 16.1. The maximum atomic E-state index is 12.2. The van der Waals surface area contributed by atoms with Gasteiger partial charge in [0.2, 0.25) is 5.91 Å². The molecule has 1 heterocycles. The molecule has 0 unspecified atom stereocenters. The standard InChI is InChI=1S/C16H23N3O/c1-3-6-14(7-4-2)16(20)19-15-12-13(8-5-10-17)9-11-18-15/h9,11-12,14H,3-4,6-7,10,17H2,1-2H3,(H,18,19,20). The summed E-state index contributed by atoms with van der Waals surface area (Å²) in [6, 6.07) is 3.57. The van der Waals surface area contributed by atoms with E-state index < -0.39 is 0 Å². The summed E-state index contributed by atoms with van der Waals surface area (Å²) < 4.78 is 0. The van der Waals surface area contributed by atoms with Gasteiger partial charge in [-0.15, -0.1) is 0 Å². The van der Waals surface area contributed by atoms with E-state index in [1.54, 1.807) is 18.3 Å². The number of aromatic nitrogens is 1. The predicted molar refractivity (Wildman–Crippen MR) is 82.1 cm³/mol. The third-order valence-corrected chi connectivity index (χ3v) is 2.99. The maximum absolute atomic E-state index is 12.2. The Hall–Kier alpha value is -1.86.